The standard InChI is InChI=1S/C31H41NO4/c1-29(2,24-8-6-7-9-26(24)36-5)32-27(33)25-13-12-22-21-11-10-20-18-19(28(34)35)14-16-30(20,3)23(21)15-17-31(22,25)4/h6-10,18,21-23,25H,11-17H2,1-5H3,(H,32,33)(H,34,35)/t21-,22-,23-,25?,30-,31-/m0/s1. The van der Waals surface area contributed by atoms with Gasteiger partial charge in [0, 0.05) is 17.1 Å². The maximum Gasteiger partial charge on any atom is 0.331 e. The van der Waals surface area contributed by atoms with Gasteiger partial charge >= 0.3 is 5.97 Å². The number of aliphatic carboxylic acids is 1. The fourth-order valence-corrected chi connectivity index (χ4v) is 8.55. The van der Waals surface area contributed by atoms with Gasteiger partial charge in [-0.2, -0.15) is 0 Å². The van der Waals surface area contributed by atoms with Crippen LogP contribution in [0.1, 0.15) is 78.2 Å². The summed E-state index contributed by atoms with van der Waals surface area (Å²) in [6.45, 7) is 8.85. The lowest BCUT2D eigenvalue weighted by Crippen LogP contribution is -2.52. The molecule has 0 radical (unpaired) electrons. The van der Waals surface area contributed by atoms with Crippen LogP contribution < -0.4 is 10.1 Å². The number of fused-ring (bicyclic) bond motifs is 5. The van der Waals surface area contributed by atoms with Gasteiger partial charge in [0.25, 0.3) is 0 Å². The highest BCUT2D eigenvalue weighted by Gasteiger charge is 2.59. The first-order chi connectivity index (χ1) is 17.0. The van der Waals surface area contributed by atoms with Gasteiger partial charge in [-0.3, -0.25) is 4.79 Å². The number of carboxylic acids is 1. The normalized spacial score (nSPS) is 35.5. The second-order valence-electron chi connectivity index (χ2n) is 12.7. The minimum Gasteiger partial charge on any atom is -0.496 e. The predicted molar refractivity (Wildman–Crippen MR) is 140 cm³/mol. The average molecular weight is 492 g/mol. The molecule has 0 aromatic heterocycles. The van der Waals surface area contributed by atoms with Crippen LogP contribution >= 0.6 is 0 Å². The summed E-state index contributed by atoms with van der Waals surface area (Å²) in [5.41, 5.74) is 2.31. The molecule has 6 atom stereocenters. The van der Waals surface area contributed by atoms with Gasteiger partial charge in [-0.25, -0.2) is 4.79 Å². The van der Waals surface area contributed by atoms with Gasteiger partial charge in [0.05, 0.1) is 12.6 Å². The van der Waals surface area contributed by atoms with E-state index >= 15 is 0 Å². The van der Waals surface area contributed by atoms with E-state index < -0.39 is 11.5 Å². The Morgan fingerprint density at radius 1 is 1.08 bits per heavy atom. The van der Waals surface area contributed by atoms with Crippen LogP contribution in [0.25, 0.3) is 0 Å². The Balaban J connectivity index is 1.37. The number of ether oxygens (including phenoxy) is 1. The van der Waals surface area contributed by atoms with Crippen molar-refractivity contribution in [3.05, 3.63) is 53.1 Å². The molecule has 0 aliphatic heterocycles. The van der Waals surface area contributed by atoms with E-state index in [9.17, 15) is 14.7 Å². The molecule has 4 aliphatic carbocycles. The lowest BCUT2D eigenvalue weighted by Gasteiger charge is -2.57. The zero-order valence-corrected chi connectivity index (χ0v) is 22.4. The molecule has 0 heterocycles. The Kier molecular flexibility index (Phi) is 6.12. The van der Waals surface area contributed by atoms with Gasteiger partial charge < -0.3 is 15.2 Å². The summed E-state index contributed by atoms with van der Waals surface area (Å²) in [5, 5.41) is 12.9. The molecule has 0 bridgehead atoms. The second kappa shape index (κ2) is 8.78. The third-order valence-electron chi connectivity index (χ3n) is 10.6. The Morgan fingerprint density at radius 3 is 2.56 bits per heavy atom. The number of hydrogen-bond acceptors (Lipinski definition) is 3. The number of nitrogens with one attached hydrogen (secondary N) is 1. The summed E-state index contributed by atoms with van der Waals surface area (Å²) < 4.78 is 5.58. The topological polar surface area (TPSA) is 75.6 Å². The molecular weight excluding hydrogens is 450 g/mol. The predicted octanol–water partition coefficient (Wildman–Crippen LogP) is 6.25. The molecule has 1 aromatic carbocycles. The highest BCUT2D eigenvalue weighted by Crippen LogP contribution is 2.66. The number of carbonyl (C=O) groups excluding carboxylic acids is 1. The molecule has 5 nitrogen and oxygen atoms in total. The summed E-state index contributed by atoms with van der Waals surface area (Å²) in [5.74, 6) is 1.85. The molecule has 0 spiro atoms. The summed E-state index contributed by atoms with van der Waals surface area (Å²) in [4.78, 5) is 25.4. The molecule has 1 aromatic rings. The maximum absolute atomic E-state index is 13.8. The SMILES string of the molecule is COc1ccccc1C(C)(C)NC(=O)C1CC[C@H]2[C@@H]3CC=C4C=C(C(=O)O)CC[C@]4(C)[C@H]3CC[C@]12C. The van der Waals surface area contributed by atoms with Gasteiger partial charge in [0.1, 0.15) is 5.75 Å². The third kappa shape index (κ3) is 3.81. The van der Waals surface area contributed by atoms with Crippen LogP contribution in [0.4, 0.5) is 0 Å². The minimum atomic E-state index is -0.781. The number of carbonyl (C=O) groups is 2. The molecule has 36 heavy (non-hydrogen) atoms. The number of carboxylic acid groups (broad SMARTS) is 1. The molecule has 2 N–H and O–H groups in total. The van der Waals surface area contributed by atoms with E-state index in [4.69, 9.17) is 4.74 Å². The molecule has 4 aliphatic rings. The first-order valence-corrected chi connectivity index (χ1v) is 13.6. The quantitative estimate of drug-likeness (QED) is 0.511. The summed E-state index contributed by atoms with van der Waals surface area (Å²) >= 11 is 0. The van der Waals surface area contributed by atoms with Crippen LogP contribution in [-0.4, -0.2) is 24.1 Å². The number of allylic oxidation sites excluding steroid dienone is 3. The number of para-hydroxylation sites is 1. The Labute approximate surface area is 215 Å². The number of amides is 1. The van der Waals surface area contributed by atoms with Crippen LogP contribution in [0.5, 0.6) is 5.75 Å². The summed E-state index contributed by atoms with van der Waals surface area (Å²) in [6.07, 6.45) is 11.1. The van der Waals surface area contributed by atoms with Crippen molar-refractivity contribution in [2.75, 3.05) is 7.11 Å². The maximum atomic E-state index is 13.8. The van der Waals surface area contributed by atoms with Gasteiger partial charge in [-0.15, -0.1) is 0 Å². The van der Waals surface area contributed by atoms with Gasteiger partial charge in [-0.1, -0.05) is 38.1 Å². The van der Waals surface area contributed by atoms with E-state index in [2.05, 4.69) is 39.1 Å². The zero-order valence-electron chi connectivity index (χ0n) is 22.4. The van der Waals surface area contributed by atoms with E-state index in [0.717, 1.165) is 49.8 Å². The number of hydrogen-bond donors (Lipinski definition) is 2. The first-order valence-electron chi connectivity index (χ1n) is 13.6. The average Bonchev–Trinajstić information content (AvgIpc) is 3.20. The van der Waals surface area contributed by atoms with Crippen molar-refractivity contribution in [1.29, 1.82) is 0 Å². The monoisotopic (exact) mass is 491 g/mol. The van der Waals surface area contributed by atoms with Crippen molar-refractivity contribution >= 4 is 11.9 Å². The van der Waals surface area contributed by atoms with Crippen LogP contribution in [0.3, 0.4) is 0 Å². The fraction of sp³-hybridized carbons (Fsp3) is 0.613. The third-order valence-corrected chi connectivity index (χ3v) is 10.6. The Hall–Kier alpha value is -2.56. The van der Waals surface area contributed by atoms with Crippen LogP contribution in [0, 0.1) is 34.5 Å². The van der Waals surface area contributed by atoms with E-state index in [0.29, 0.717) is 29.7 Å². The summed E-state index contributed by atoms with van der Waals surface area (Å²) in [7, 11) is 1.67. The Morgan fingerprint density at radius 2 is 1.83 bits per heavy atom. The van der Waals surface area contributed by atoms with Crippen molar-refractivity contribution in [3.8, 4) is 5.75 Å². The minimum absolute atomic E-state index is 0.000534. The second-order valence-corrected chi connectivity index (χ2v) is 12.7. The smallest absolute Gasteiger partial charge is 0.331 e. The molecular formula is C31H41NO4. The molecule has 1 amide bonds. The molecule has 2 saturated carbocycles. The van der Waals surface area contributed by atoms with Gasteiger partial charge in [0.15, 0.2) is 0 Å². The lowest BCUT2D eigenvalue weighted by molar-refractivity contribution is -0.133. The summed E-state index contributed by atoms with van der Waals surface area (Å²) in [6, 6.07) is 7.93. The van der Waals surface area contributed by atoms with Crippen molar-refractivity contribution < 1.29 is 19.4 Å². The van der Waals surface area contributed by atoms with E-state index in [-0.39, 0.29) is 22.7 Å². The van der Waals surface area contributed by atoms with Crippen LogP contribution in [-0.2, 0) is 15.1 Å². The molecule has 5 heteroatoms. The lowest BCUT2D eigenvalue weighted by atomic mass is 9.48. The van der Waals surface area contributed by atoms with Crippen LogP contribution in [0.2, 0.25) is 0 Å². The zero-order chi connectivity index (χ0) is 25.9. The largest absolute Gasteiger partial charge is 0.496 e. The van der Waals surface area contributed by atoms with E-state index in [1.165, 1.54) is 5.57 Å². The highest BCUT2D eigenvalue weighted by molar-refractivity contribution is 5.87. The molecule has 5 rings (SSSR count). The van der Waals surface area contributed by atoms with Crippen molar-refractivity contribution in [2.24, 2.45) is 34.5 Å². The number of rotatable bonds is 5. The molecule has 194 valence electrons. The van der Waals surface area contributed by atoms with Crippen LogP contribution in [0.15, 0.2) is 47.6 Å². The molecule has 1 unspecified atom stereocenters. The van der Waals surface area contributed by atoms with Crippen molar-refractivity contribution in [1.82, 2.24) is 5.32 Å². The Bertz CT molecular complexity index is 1130. The van der Waals surface area contributed by atoms with E-state index in [1.807, 2.05) is 30.3 Å². The van der Waals surface area contributed by atoms with E-state index in [1.54, 1.807) is 7.11 Å². The molecule has 0 saturated heterocycles. The van der Waals surface area contributed by atoms with Gasteiger partial charge in [-0.05, 0) is 105 Å². The fourth-order valence-electron chi connectivity index (χ4n) is 8.55. The number of benzene rings is 1. The van der Waals surface area contributed by atoms with Gasteiger partial charge in [0.2, 0.25) is 5.91 Å². The first kappa shape index (κ1) is 25.1. The highest BCUT2D eigenvalue weighted by atomic mass is 16.5. The van der Waals surface area contributed by atoms with Crippen molar-refractivity contribution in [3.63, 3.8) is 0 Å². The molecule has 2 fully saturated rings. The van der Waals surface area contributed by atoms with Crippen molar-refractivity contribution in [2.45, 2.75) is 78.2 Å². The number of methoxy groups -OCH3 is 1.